The molecule has 1 aliphatic carbocycles. The van der Waals surface area contributed by atoms with Gasteiger partial charge >= 0.3 is 0 Å². The average molecular weight is 252 g/mol. The normalized spacial score (nSPS) is 17.0. The lowest BCUT2D eigenvalue weighted by Gasteiger charge is -2.14. The second-order valence-electron chi connectivity index (χ2n) is 5.02. The van der Waals surface area contributed by atoms with Crippen LogP contribution in [0.2, 0.25) is 0 Å². The quantitative estimate of drug-likeness (QED) is 0.783. The molecule has 0 unspecified atom stereocenters. The van der Waals surface area contributed by atoms with E-state index in [1.807, 2.05) is 11.4 Å². The maximum atomic E-state index is 11.0. The van der Waals surface area contributed by atoms with E-state index in [4.69, 9.17) is 5.73 Å². The molecular weight excluding hydrogens is 232 g/mol. The van der Waals surface area contributed by atoms with Crippen molar-refractivity contribution in [3.63, 3.8) is 0 Å². The van der Waals surface area contributed by atoms with Crippen LogP contribution in [0.5, 0.6) is 0 Å². The Morgan fingerprint density at radius 2 is 2.35 bits per heavy atom. The van der Waals surface area contributed by atoms with E-state index in [0.717, 1.165) is 13.1 Å². The van der Waals surface area contributed by atoms with Crippen LogP contribution in [0.4, 0.5) is 0 Å². The molecule has 1 saturated carbocycles. The fourth-order valence-electron chi connectivity index (χ4n) is 2.28. The topological polar surface area (TPSA) is 55.1 Å². The van der Waals surface area contributed by atoms with E-state index in [-0.39, 0.29) is 5.91 Å². The van der Waals surface area contributed by atoms with Gasteiger partial charge in [-0.3, -0.25) is 4.79 Å². The third-order valence-corrected chi connectivity index (χ3v) is 4.41. The molecule has 0 aromatic carbocycles. The molecule has 0 saturated heterocycles. The van der Waals surface area contributed by atoms with E-state index in [1.165, 1.54) is 30.6 Å². The molecule has 0 radical (unpaired) electrons. The van der Waals surface area contributed by atoms with Crippen molar-refractivity contribution < 1.29 is 4.79 Å². The first-order valence-corrected chi connectivity index (χ1v) is 7.11. The summed E-state index contributed by atoms with van der Waals surface area (Å²) < 4.78 is 0. The largest absolute Gasteiger partial charge is 0.366 e. The van der Waals surface area contributed by atoms with Crippen LogP contribution in [-0.2, 0) is 6.54 Å². The summed E-state index contributed by atoms with van der Waals surface area (Å²) in [7, 11) is 0. The first kappa shape index (κ1) is 12.6. The van der Waals surface area contributed by atoms with Gasteiger partial charge in [0, 0.05) is 23.3 Å². The molecule has 4 heteroatoms. The van der Waals surface area contributed by atoms with E-state index >= 15 is 0 Å². The Morgan fingerprint density at radius 3 is 2.88 bits per heavy atom. The molecule has 0 aliphatic heterocycles. The predicted octanol–water partition coefficient (Wildman–Crippen LogP) is 2.52. The first-order valence-electron chi connectivity index (χ1n) is 6.23. The Hall–Kier alpha value is -0.870. The molecule has 1 heterocycles. The van der Waals surface area contributed by atoms with Gasteiger partial charge < -0.3 is 11.1 Å². The van der Waals surface area contributed by atoms with Gasteiger partial charge in [-0.1, -0.05) is 13.3 Å². The number of hydrogen-bond acceptors (Lipinski definition) is 3. The van der Waals surface area contributed by atoms with Gasteiger partial charge in [0.15, 0.2) is 0 Å². The van der Waals surface area contributed by atoms with Crippen molar-refractivity contribution in [2.24, 2.45) is 11.1 Å². The number of rotatable bonds is 7. The molecule has 3 N–H and O–H groups in total. The minimum atomic E-state index is -0.336. The zero-order valence-corrected chi connectivity index (χ0v) is 11.1. The SMILES string of the molecule is CCCC1(CNCc2cc(C(N)=O)cs2)CC1. The molecule has 1 aliphatic rings. The molecule has 1 fully saturated rings. The van der Waals surface area contributed by atoms with Crippen LogP contribution >= 0.6 is 11.3 Å². The third-order valence-electron chi connectivity index (χ3n) is 3.47. The molecule has 3 nitrogen and oxygen atoms in total. The van der Waals surface area contributed by atoms with Crippen molar-refractivity contribution in [1.29, 1.82) is 0 Å². The van der Waals surface area contributed by atoms with Gasteiger partial charge in [0.05, 0.1) is 5.56 Å². The lowest BCUT2D eigenvalue weighted by Crippen LogP contribution is -2.23. The van der Waals surface area contributed by atoms with Crippen molar-refractivity contribution in [3.8, 4) is 0 Å². The zero-order valence-electron chi connectivity index (χ0n) is 10.3. The fourth-order valence-corrected chi connectivity index (χ4v) is 3.12. The Morgan fingerprint density at radius 1 is 1.59 bits per heavy atom. The number of nitrogens with one attached hydrogen (secondary N) is 1. The molecule has 94 valence electrons. The van der Waals surface area contributed by atoms with Gasteiger partial charge in [0.25, 0.3) is 0 Å². The summed E-state index contributed by atoms with van der Waals surface area (Å²) in [5.74, 6) is -0.336. The maximum Gasteiger partial charge on any atom is 0.249 e. The summed E-state index contributed by atoms with van der Waals surface area (Å²) in [4.78, 5) is 12.1. The lowest BCUT2D eigenvalue weighted by atomic mass is 10.0. The molecule has 17 heavy (non-hydrogen) atoms. The molecule has 2 rings (SSSR count). The molecule has 0 atom stereocenters. The average Bonchev–Trinajstić information content (AvgIpc) is 2.88. The second kappa shape index (κ2) is 5.19. The van der Waals surface area contributed by atoms with Crippen molar-refractivity contribution in [2.75, 3.05) is 6.54 Å². The van der Waals surface area contributed by atoms with Crippen LogP contribution < -0.4 is 11.1 Å². The third kappa shape index (κ3) is 3.30. The molecular formula is C13H20N2OS. The summed E-state index contributed by atoms with van der Waals surface area (Å²) >= 11 is 1.60. The number of carbonyl (C=O) groups is 1. The monoisotopic (exact) mass is 252 g/mol. The molecule has 1 amide bonds. The smallest absolute Gasteiger partial charge is 0.249 e. The van der Waals surface area contributed by atoms with Crippen molar-refractivity contribution in [2.45, 2.75) is 39.2 Å². The highest BCUT2D eigenvalue weighted by molar-refractivity contribution is 7.10. The summed E-state index contributed by atoms with van der Waals surface area (Å²) in [5, 5.41) is 5.33. The van der Waals surface area contributed by atoms with Gasteiger partial charge in [0.1, 0.15) is 0 Å². The van der Waals surface area contributed by atoms with E-state index in [9.17, 15) is 4.79 Å². The minimum Gasteiger partial charge on any atom is -0.366 e. The first-order chi connectivity index (χ1) is 8.15. The van der Waals surface area contributed by atoms with E-state index in [1.54, 1.807) is 11.3 Å². The Balaban J connectivity index is 1.76. The molecule has 0 bridgehead atoms. The van der Waals surface area contributed by atoms with Crippen molar-refractivity contribution in [3.05, 3.63) is 21.9 Å². The van der Waals surface area contributed by atoms with Gasteiger partial charge in [-0.2, -0.15) is 0 Å². The van der Waals surface area contributed by atoms with Gasteiger partial charge in [-0.25, -0.2) is 0 Å². The second-order valence-corrected chi connectivity index (χ2v) is 6.02. The predicted molar refractivity (Wildman–Crippen MR) is 71.1 cm³/mol. The van der Waals surface area contributed by atoms with Crippen LogP contribution in [0, 0.1) is 5.41 Å². The number of thiophene rings is 1. The Kier molecular flexibility index (Phi) is 3.84. The highest BCUT2D eigenvalue weighted by atomic mass is 32.1. The fraction of sp³-hybridized carbons (Fsp3) is 0.615. The summed E-state index contributed by atoms with van der Waals surface area (Å²) in [6.07, 6.45) is 5.33. The summed E-state index contributed by atoms with van der Waals surface area (Å²) in [5.41, 5.74) is 6.43. The van der Waals surface area contributed by atoms with Gasteiger partial charge in [0.2, 0.25) is 5.91 Å². The molecule has 1 aromatic heterocycles. The minimum absolute atomic E-state index is 0.336. The highest BCUT2D eigenvalue weighted by Gasteiger charge is 2.40. The summed E-state index contributed by atoms with van der Waals surface area (Å²) in [6, 6.07) is 1.89. The van der Waals surface area contributed by atoms with Crippen molar-refractivity contribution >= 4 is 17.2 Å². The van der Waals surface area contributed by atoms with E-state index in [2.05, 4.69) is 12.2 Å². The van der Waals surface area contributed by atoms with E-state index in [0.29, 0.717) is 11.0 Å². The lowest BCUT2D eigenvalue weighted by molar-refractivity contribution is 0.100. The Labute approximate surface area is 106 Å². The standard InChI is InChI=1S/C13H20N2OS/c1-2-3-13(4-5-13)9-15-7-11-6-10(8-17-11)12(14)16/h6,8,15H,2-5,7,9H2,1H3,(H2,14,16). The van der Waals surface area contributed by atoms with E-state index < -0.39 is 0 Å². The Bertz CT molecular complexity index is 396. The van der Waals surface area contributed by atoms with Gasteiger partial charge in [-0.15, -0.1) is 11.3 Å². The summed E-state index contributed by atoms with van der Waals surface area (Å²) in [6.45, 7) is 4.20. The number of carbonyl (C=O) groups excluding carboxylic acids is 1. The maximum absolute atomic E-state index is 11.0. The molecule has 0 spiro atoms. The highest BCUT2D eigenvalue weighted by Crippen LogP contribution is 2.48. The number of hydrogen-bond donors (Lipinski definition) is 2. The van der Waals surface area contributed by atoms with Crippen LogP contribution in [0.15, 0.2) is 11.4 Å². The van der Waals surface area contributed by atoms with Gasteiger partial charge in [-0.05, 0) is 30.7 Å². The van der Waals surface area contributed by atoms with Crippen molar-refractivity contribution in [1.82, 2.24) is 5.32 Å². The van der Waals surface area contributed by atoms with Crippen LogP contribution in [0.25, 0.3) is 0 Å². The number of primary amides is 1. The number of nitrogens with two attached hydrogens (primary N) is 1. The van der Waals surface area contributed by atoms with Crippen LogP contribution in [0.1, 0.15) is 47.8 Å². The zero-order chi connectivity index (χ0) is 12.3. The molecule has 1 aromatic rings. The van der Waals surface area contributed by atoms with Crippen LogP contribution in [-0.4, -0.2) is 12.5 Å². The number of amides is 1. The van der Waals surface area contributed by atoms with Crippen LogP contribution in [0.3, 0.4) is 0 Å².